The summed E-state index contributed by atoms with van der Waals surface area (Å²) in [6.45, 7) is 5.12. The van der Waals surface area contributed by atoms with E-state index in [0.29, 0.717) is 6.54 Å². The molecular formula is C17H23N5O2. The van der Waals surface area contributed by atoms with E-state index in [1.165, 1.54) is 0 Å². The van der Waals surface area contributed by atoms with Gasteiger partial charge in [0, 0.05) is 31.7 Å². The molecule has 128 valence electrons. The lowest BCUT2D eigenvalue weighted by atomic mass is 10.1. The van der Waals surface area contributed by atoms with Crippen LogP contribution in [0.5, 0.6) is 0 Å². The van der Waals surface area contributed by atoms with Crippen molar-refractivity contribution >= 4 is 6.03 Å². The second-order valence-electron chi connectivity index (χ2n) is 6.03. The van der Waals surface area contributed by atoms with Gasteiger partial charge in [-0.2, -0.15) is 0 Å². The molecule has 1 aliphatic heterocycles. The van der Waals surface area contributed by atoms with Crippen LogP contribution in [0.3, 0.4) is 0 Å². The molecule has 3 rings (SSSR count). The Morgan fingerprint density at radius 3 is 3.04 bits per heavy atom. The van der Waals surface area contributed by atoms with Crippen LogP contribution < -0.4 is 10.6 Å². The van der Waals surface area contributed by atoms with Crippen molar-refractivity contribution in [1.29, 1.82) is 0 Å². The van der Waals surface area contributed by atoms with Gasteiger partial charge in [-0.1, -0.05) is 0 Å². The lowest BCUT2D eigenvalue weighted by Gasteiger charge is -2.20. The van der Waals surface area contributed by atoms with E-state index in [1.54, 1.807) is 12.4 Å². The van der Waals surface area contributed by atoms with E-state index >= 15 is 0 Å². The highest BCUT2D eigenvalue weighted by Crippen LogP contribution is 2.15. The van der Waals surface area contributed by atoms with Gasteiger partial charge >= 0.3 is 6.03 Å². The van der Waals surface area contributed by atoms with Crippen LogP contribution in [0, 0.1) is 6.92 Å². The first kappa shape index (κ1) is 16.4. The molecule has 0 unspecified atom stereocenters. The number of amides is 2. The van der Waals surface area contributed by atoms with Crippen LogP contribution >= 0.6 is 0 Å². The zero-order valence-corrected chi connectivity index (χ0v) is 14.0. The predicted octanol–water partition coefficient (Wildman–Crippen LogP) is 1.94. The molecule has 0 aliphatic carbocycles. The summed E-state index contributed by atoms with van der Waals surface area (Å²) in [6.07, 6.45) is 7.52. The third kappa shape index (κ3) is 3.91. The molecule has 0 spiro atoms. The SMILES string of the molecule is Cc1nccn1-c1cc(CNC(=O)N[C@H](C)[C@@H]2CCCO2)ccn1. The molecule has 1 fully saturated rings. The van der Waals surface area contributed by atoms with Crippen LogP contribution in [0.2, 0.25) is 0 Å². The van der Waals surface area contributed by atoms with Crippen LogP contribution in [-0.2, 0) is 11.3 Å². The van der Waals surface area contributed by atoms with Crippen LogP contribution in [0.4, 0.5) is 4.79 Å². The van der Waals surface area contributed by atoms with Gasteiger partial charge in [-0.05, 0) is 44.4 Å². The fourth-order valence-electron chi connectivity index (χ4n) is 2.85. The first-order chi connectivity index (χ1) is 11.6. The fraction of sp³-hybridized carbons (Fsp3) is 0.471. The minimum Gasteiger partial charge on any atom is -0.376 e. The number of pyridine rings is 1. The lowest BCUT2D eigenvalue weighted by Crippen LogP contribution is -2.45. The van der Waals surface area contributed by atoms with Gasteiger partial charge < -0.3 is 15.4 Å². The van der Waals surface area contributed by atoms with Crippen molar-refractivity contribution in [3.63, 3.8) is 0 Å². The second-order valence-corrected chi connectivity index (χ2v) is 6.03. The van der Waals surface area contributed by atoms with E-state index in [1.807, 2.05) is 36.7 Å². The number of rotatable bonds is 5. The van der Waals surface area contributed by atoms with Crippen LogP contribution in [0.15, 0.2) is 30.7 Å². The number of nitrogens with zero attached hydrogens (tertiary/aromatic N) is 3. The van der Waals surface area contributed by atoms with Crippen molar-refractivity contribution < 1.29 is 9.53 Å². The molecular weight excluding hydrogens is 306 g/mol. The number of carbonyl (C=O) groups is 1. The van der Waals surface area contributed by atoms with Crippen molar-refractivity contribution in [3.8, 4) is 5.82 Å². The Kier molecular flexibility index (Phi) is 5.10. The molecule has 2 N–H and O–H groups in total. The molecule has 0 radical (unpaired) electrons. The van der Waals surface area contributed by atoms with Gasteiger partial charge in [0.05, 0.1) is 12.1 Å². The summed E-state index contributed by atoms with van der Waals surface area (Å²) in [5, 5.41) is 5.82. The molecule has 1 aliphatic rings. The monoisotopic (exact) mass is 329 g/mol. The summed E-state index contributed by atoms with van der Waals surface area (Å²) in [4.78, 5) is 20.6. The number of carbonyl (C=O) groups excluding carboxylic acids is 1. The number of aromatic nitrogens is 3. The zero-order valence-electron chi connectivity index (χ0n) is 14.0. The molecule has 2 atom stereocenters. The summed E-state index contributed by atoms with van der Waals surface area (Å²) in [5.74, 6) is 1.66. The first-order valence-corrected chi connectivity index (χ1v) is 8.24. The quantitative estimate of drug-likeness (QED) is 0.878. The van der Waals surface area contributed by atoms with Gasteiger partial charge in [-0.3, -0.25) is 4.57 Å². The van der Waals surface area contributed by atoms with Crippen LogP contribution in [0.25, 0.3) is 5.82 Å². The number of aryl methyl sites for hydroxylation is 1. The van der Waals surface area contributed by atoms with Crippen molar-refractivity contribution in [2.75, 3.05) is 6.61 Å². The Labute approximate surface area is 141 Å². The third-order valence-electron chi connectivity index (χ3n) is 4.22. The average molecular weight is 329 g/mol. The number of nitrogens with one attached hydrogen (secondary N) is 2. The Hall–Kier alpha value is -2.41. The van der Waals surface area contributed by atoms with Gasteiger partial charge in [-0.25, -0.2) is 14.8 Å². The Morgan fingerprint density at radius 1 is 1.46 bits per heavy atom. The van der Waals surface area contributed by atoms with E-state index in [0.717, 1.165) is 36.7 Å². The average Bonchev–Trinajstić information content (AvgIpc) is 3.24. The van der Waals surface area contributed by atoms with Crippen molar-refractivity contribution in [3.05, 3.63) is 42.1 Å². The maximum atomic E-state index is 12.0. The number of hydrogen-bond donors (Lipinski definition) is 2. The van der Waals surface area contributed by atoms with Crippen molar-refractivity contribution in [2.45, 2.75) is 45.4 Å². The number of urea groups is 1. The Balaban J connectivity index is 1.54. The molecule has 24 heavy (non-hydrogen) atoms. The van der Waals surface area contributed by atoms with Crippen LogP contribution in [0.1, 0.15) is 31.2 Å². The first-order valence-electron chi connectivity index (χ1n) is 8.24. The summed E-state index contributed by atoms with van der Waals surface area (Å²) >= 11 is 0. The molecule has 2 aromatic heterocycles. The molecule has 7 nitrogen and oxygen atoms in total. The molecule has 0 bridgehead atoms. The van der Waals surface area contributed by atoms with Gasteiger partial charge in [0.2, 0.25) is 0 Å². The van der Waals surface area contributed by atoms with Gasteiger partial charge in [0.15, 0.2) is 0 Å². The number of ether oxygens (including phenoxy) is 1. The normalized spacial score (nSPS) is 18.3. The van der Waals surface area contributed by atoms with Gasteiger partial charge in [0.25, 0.3) is 0 Å². The smallest absolute Gasteiger partial charge is 0.315 e. The van der Waals surface area contributed by atoms with E-state index in [9.17, 15) is 4.79 Å². The summed E-state index contributed by atoms with van der Waals surface area (Å²) in [6, 6.07) is 3.65. The van der Waals surface area contributed by atoms with Crippen molar-refractivity contribution in [2.24, 2.45) is 0 Å². The molecule has 0 aromatic carbocycles. The minimum atomic E-state index is -0.185. The summed E-state index contributed by atoms with van der Waals surface area (Å²) in [5.41, 5.74) is 0.980. The standard InChI is InChI=1S/C17H23N5O2/c1-12(15-4-3-9-24-15)21-17(23)20-11-14-5-6-19-16(10-14)22-8-7-18-13(22)2/h5-8,10,12,15H,3-4,9,11H2,1-2H3,(H2,20,21,23)/t12-,15+/m1/s1. The van der Waals surface area contributed by atoms with Crippen LogP contribution in [-0.4, -0.2) is 39.3 Å². The molecule has 2 amide bonds. The van der Waals surface area contributed by atoms with E-state index < -0.39 is 0 Å². The predicted molar refractivity (Wildman–Crippen MR) is 89.9 cm³/mol. The number of hydrogen-bond acceptors (Lipinski definition) is 4. The summed E-state index contributed by atoms with van der Waals surface area (Å²) < 4.78 is 7.49. The summed E-state index contributed by atoms with van der Waals surface area (Å²) in [7, 11) is 0. The third-order valence-corrected chi connectivity index (χ3v) is 4.22. The van der Waals surface area contributed by atoms with E-state index in [-0.39, 0.29) is 18.2 Å². The molecule has 7 heteroatoms. The minimum absolute atomic E-state index is 0.00843. The van der Waals surface area contributed by atoms with Gasteiger partial charge in [0.1, 0.15) is 11.6 Å². The maximum Gasteiger partial charge on any atom is 0.315 e. The Morgan fingerprint density at radius 2 is 2.33 bits per heavy atom. The second kappa shape index (κ2) is 7.44. The fourth-order valence-corrected chi connectivity index (χ4v) is 2.85. The highest BCUT2D eigenvalue weighted by molar-refractivity contribution is 5.74. The van der Waals surface area contributed by atoms with E-state index in [2.05, 4.69) is 20.6 Å². The maximum absolute atomic E-state index is 12.0. The topological polar surface area (TPSA) is 81.1 Å². The zero-order chi connectivity index (χ0) is 16.9. The lowest BCUT2D eigenvalue weighted by molar-refractivity contribution is 0.0860. The Bertz CT molecular complexity index is 694. The highest BCUT2D eigenvalue weighted by Gasteiger charge is 2.23. The van der Waals surface area contributed by atoms with E-state index in [4.69, 9.17) is 4.74 Å². The van der Waals surface area contributed by atoms with Gasteiger partial charge in [-0.15, -0.1) is 0 Å². The molecule has 2 aromatic rings. The molecule has 3 heterocycles. The highest BCUT2D eigenvalue weighted by atomic mass is 16.5. The largest absolute Gasteiger partial charge is 0.376 e. The van der Waals surface area contributed by atoms with Crippen molar-refractivity contribution in [1.82, 2.24) is 25.2 Å². The number of imidazole rings is 1. The molecule has 0 saturated carbocycles. The molecule has 1 saturated heterocycles.